The number of phenols is 1. The van der Waals surface area contributed by atoms with Gasteiger partial charge >= 0.3 is 0 Å². The van der Waals surface area contributed by atoms with Gasteiger partial charge in [0.15, 0.2) is 6.39 Å². The van der Waals surface area contributed by atoms with Crippen molar-refractivity contribution in [2.45, 2.75) is 13.1 Å². The van der Waals surface area contributed by atoms with Crippen LogP contribution in [0, 0.1) is 0 Å². The second kappa shape index (κ2) is 4.61. The van der Waals surface area contributed by atoms with Crippen LogP contribution >= 0.6 is 0 Å². The number of aromatic hydroxyl groups is 1. The fourth-order valence-electron chi connectivity index (χ4n) is 1.31. The molecule has 0 saturated heterocycles. The molecule has 0 amide bonds. The summed E-state index contributed by atoms with van der Waals surface area (Å²) in [6.45, 7) is 1.21. The molecule has 4 nitrogen and oxygen atoms in total. The van der Waals surface area contributed by atoms with Gasteiger partial charge in [0.05, 0.1) is 12.7 Å². The normalized spacial score (nSPS) is 10.4. The third kappa shape index (κ3) is 2.57. The zero-order valence-electron chi connectivity index (χ0n) is 8.18. The molecule has 0 unspecified atom stereocenters. The maximum atomic E-state index is 9.49. The van der Waals surface area contributed by atoms with Gasteiger partial charge in [-0.3, -0.25) is 0 Å². The molecule has 1 aromatic heterocycles. The molecule has 0 aliphatic heterocycles. The van der Waals surface area contributed by atoms with Crippen molar-refractivity contribution in [1.82, 2.24) is 10.3 Å². The molecular weight excluding hydrogens is 192 g/mol. The molecule has 2 aromatic rings. The van der Waals surface area contributed by atoms with Crippen LogP contribution in [0.2, 0.25) is 0 Å². The minimum absolute atomic E-state index is 0.308. The highest BCUT2D eigenvalue weighted by Gasteiger charge is 2.00. The molecule has 0 spiro atoms. The summed E-state index contributed by atoms with van der Waals surface area (Å²) in [5, 5.41) is 12.6. The van der Waals surface area contributed by atoms with E-state index in [0.29, 0.717) is 18.8 Å². The maximum absolute atomic E-state index is 9.49. The molecule has 0 fully saturated rings. The Bertz CT molecular complexity index is 412. The van der Waals surface area contributed by atoms with E-state index in [1.807, 2.05) is 12.1 Å². The first-order chi connectivity index (χ1) is 7.36. The fraction of sp³-hybridized carbons (Fsp3) is 0.182. The van der Waals surface area contributed by atoms with Crippen LogP contribution in [-0.2, 0) is 13.1 Å². The summed E-state index contributed by atoms with van der Waals surface area (Å²) in [4.78, 5) is 3.81. The molecule has 1 heterocycles. The van der Waals surface area contributed by atoms with E-state index in [1.54, 1.807) is 18.3 Å². The van der Waals surface area contributed by atoms with E-state index < -0.39 is 0 Å². The third-order valence-corrected chi connectivity index (χ3v) is 2.09. The predicted molar refractivity (Wildman–Crippen MR) is 55.2 cm³/mol. The lowest BCUT2D eigenvalue weighted by Crippen LogP contribution is -2.12. The van der Waals surface area contributed by atoms with E-state index in [9.17, 15) is 5.11 Å². The smallest absolute Gasteiger partial charge is 0.180 e. The topological polar surface area (TPSA) is 58.3 Å². The average Bonchev–Trinajstić information content (AvgIpc) is 2.74. The van der Waals surface area contributed by atoms with Gasteiger partial charge in [-0.15, -0.1) is 0 Å². The number of para-hydroxylation sites is 1. The SMILES string of the molecule is Oc1ccccc1CNCc1cnco1. The molecule has 0 aliphatic carbocycles. The molecule has 0 saturated carbocycles. The molecule has 78 valence electrons. The summed E-state index contributed by atoms with van der Waals surface area (Å²) in [5.41, 5.74) is 0.872. The standard InChI is InChI=1S/C11H12N2O2/c14-11-4-2-1-3-9(11)5-12-6-10-7-13-8-15-10/h1-4,7-8,12,14H,5-6H2. The van der Waals surface area contributed by atoms with E-state index in [1.165, 1.54) is 6.39 Å². The lowest BCUT2D eigenvalue weighted by molar-refractivity contribution is 0.455. The van der Waals surface area contributed by atoms with E-state index in [4.69, 9.17) is 4.42 Å². The molecule has 0 radical (unpaired) electrons. The van der Waals surface area contributed by atoms with Gasteiger partial charge in [0.2, 0.25) is 0 Å². The highest BCUT2D eigenvalue weighted by molar-refractivity contribution is 5.31. The van der Waals surface area contributed by atoms with Crippen LogP contribution in [0.1, 0.15) is 11.3 Å². The number of nitrogens with zero attached hydrogens (tertiary/aromatic N) is 1. The minimum atomic E-state index is 0.308. The van der Waals surface area contributed by atoms with Crippen LogP contribution in [0.25, 0.3) is 0 Å². The Morgan fingerprint density at radius 2 is 2.13 bits per heavy atom. The zero-order valence-corrected chi connectivity index (χ0v) is 8.18. The molecule has 0 atom stereocenters. The Labute approximate surface area is 87.6 Å². The molecule has 0 aliphatic rings. The van der Waals surface area contributed by atoms with Crippen molar-refractivity contribution in [2.75, 3.05) is 0 Å². The zero-order chi connectivity index (χ0) is 10.5. The minimum Gasteiger partial charge on any atom is -0.508 e. The number of benzene rings is 1. The van der Waals surface area contributed by atoms with Crippen LogP contribution in [0.15, 0.2) is 41.3 Å². The number of nitrogens with one attached hydrogen (secondary N) is 1. The van der Waals surface area contributed by atoms with E-state index in [0.717, 1.165) is 11.3 Å². The number of hydrogen-bond acceptors (Lipinski definition) is 4. The lowest BCUT2D eigenvalue weighted by atomic mass is 10.2. The molecule has 1 aromatic carbocycles. The molecular formula is C11H12N2O2. The van der Waals surface area contributed by atoms with Gasteiger partial charge in [0.1, 0.15) is 11.5 Å². The molecule has 4 heteroatoms. The molecule has 2 rings (SSSR count). The fourth-order valence-corrected chi connectivity index (χ4v) is 1.31. The first-order valence-electron chi connectivity index (χ1n) is 4.71. The lowest BCUT2D eigenvalue weighted by Gasteiger charge is -2.04. The van der Waals surface area contributed by atoms with Crippen molar-refractivity contribution in [3.05, 3.63) is 48.2 Å². The predicted octanol–water partition coefficient (Wildman–Crippen LogP) is 1.67. The maximum Gasteiger partial charge on any atom is 0.180 e. The Kier molecular flexibility index (Phi) is 2.99. The summed E-state index contributed by atoms with van der Waals surface area (Å²) in [6.07, 6.45) is 3.06. The van der Waals surface area contributed by atoms with Crippen LogP contribution in [0.5, 0.6) is 5.75 Å². The van der Waals surface area contributed by atoms with Gasteiger partial charge in [-0.05, 0) is 6.07 Å². The van der Waals surface area contributed by atoms with Crippen LogP contribution in [0.3, 0.4) is 0 Å². The van der Waals surface area contributed by atoms with Gasteiger partial charge in [-0.25, -0.2) is 4.98 Å². The largest absolute Gasteiger partial charge is 0.508 e. The second-order valence-corrected chi connectivity index (χ2v) is 3.20. The van der Waals surface area contributed by atoms with Crippen LogP contribution in [0.4, 0.5) is 0 Å². The quantitative estimate of drug-likeness (QED) is 0.795. The first-order valence-corrected chi connectivity index (χ1v) is 4.71. The van der Waals surface area contributed by atoms with E-state index in [-0.39, 0.29) is 0 Å². The highest BCUT2D eigenvalue weighted by atomic mass is 16.3. The Hall–Kier alpha value is -1.81. The highest BCUT2D eigenvalue weighted by Crippen LogP contribution is 2.14. The van der Waals surface area contributed by atoms with Crippen molar-refractivity contribution < 1.29 is 9.52 Å². The average molecular weight is 204 g/mol. The van der Waals surface area contributed by atoms with Crippen molar-refractivity contribution in [3.63, 3.8) is 0 Å². The Morgan fingerprint density at radius 3 is 2.87 bits per heavy atom. The summed E-state index contributed by atoms with van der Waals surface area (Å²) >= 11 is 0. The summed E-state index contributed by atoms with van der Waals surface area (Å²) in [5.74, 6) is 1.09. The summed E-state index contributed by atoms with van der Waals surface area (Å²) in [6, 6.07) is 7.24. The number of aromatic nitrogens is 1. The number of oxazole rings is 1. The molecule has 2 N–H and O–H groups in total. The Morgan fingerprint density at radius 1 is 1.27 bits per heavy atom. The second-order valence-electron chi connectivity index (χ2n) is 3.20. The van der Waals surface area contributed by atoms with Gasteiger partial charge < -0.3 is 14.8 Å². The van der Waals surface area contributed by atoms with Crippen molar-refractivity contribution in [1.29, 1.82) is 0 Å². The summed E-state index contributed by atoms with van der Waals surface area (Å²) in [7, 11) is 0. The summed E-state index contributed by atoms with van der Waals surface area (Å²) < 4.78 is 5.07. The van der Waals surface area contributed by atoms with Gasteiger partial charge in [0.25, 0.3) is 0 Å². The number of rotatable bonds is 4. The van der Waals surface area contributed by atoms with Crippen molar-refractivity contribution in [3.8, 4) is 5.75 Å². The van der Waals surface area contributed by atoms with Gasteiger partial charge in [-0.2, -0.15) is 0 Å². The first kappa shape index (κ1) is 9.73. The molecule has 15 heavy (non-hydrogen) atoms. The third-order valence-electron chi connectivity index (χ3n) is 2.09. The monoisotopic (exact) mass is 204 g/mol. The number of hydrogen-bond donors (Lipinski definition) is 2. The van der Waals surface area contributed by atoms with Crippen LogP contribution < -0.4 is 5.32 Å². The number of phenolic OH excluding ortho intramolecular Hbond substituents is 1. The van der Waals surface area contributed by atoms with E-state index >= 15 is 0 Å². The van der Waals surface area contributed by atoms with Gasteiger partial charge in [0, 0.05) is 12.1 Å². The van der Waals surface area contributed by atoms with E-state index in [2.05, 4.69) is 10.3 Å². The van der Waals surface area contributed by atoms with Crippen LogP contribution in [-0.4, -0.2) is 10.1 Å². The van der Waals surface area contributed by atoms with Crippen molar-refractivity contribution in [2.24, 2.45) is 0 Å². The molecule has 0 bridgehead atoms. The van der Waals surface area contributed by atoms with Gasteiger partial charge in [-0.1, -0.05) is 18.2 Å². The van der Waals surface area contributed by atoms with Crippen molar-refractivity contribution >= 4 is 0 Å². The Balaban J connectivity index is 1.86.